The zero-order chi connectivity index (χ0) is 9.68. The van der Waals surface area contributed by atoms with Gasteiger partial charge in [0.2, 0.25) is 0 Å². The van der Waals surface area contributed by atoms with Gasteiger partial charge in [-0.2, -0.15) is 16.9 Å². The predicted octanol–water partition coefficient (Wildman–Crippen LogP) is 0.913. The van der Waals surface area contributed by atoms with Gasteiger partial charge in [0, 0.05) is 11.0 Å². The molecule has 1 rings (SSSR count). The molecule has 0 spiro atoms. The number of nitrogens with two attached hydrogens (primary N) is 2. The molecule has 13 heavy (non-hydrogen) atoms. The second-order valence-corrected chi connectivity index (χ2v) is 4.52. The lowest BCUT2D eigenvalue weighted by Gasteiger charge is -2.21. The third kappa shape index (κ3) is 3.67. The number of hydrogen-bond acceptors (Lipinski definition) is 4. The third-order valence-electron chi connectivity index (χ3n) is 2.17. The summed E-state index contributed by atoms with van der Waals surface area (Å²) in [6, 6.07) is 0. The van der Waals surface area contributed by atoms with Crippen LogP contribution in [0.25, 0.3) is 0 Å². The smallest absolute Gasteiger partial charge is 0.129 e. The fourth-order valence-corrected chi connectivity index (χ4v) is 2.40. The van der Waals surface area contributed by atoms with Crippen molar-refractivity contribution in [1.82, 2.24) is 0 Å². The standard InChI is InChI=1S/C8H16N4S/c9-6-1-3-7(4-2-6)13-5-8(10)12-11/h7,9H,1-5,11H2,(H2,10,12). The lowest BCUT2D eigenvalue weighted by molar-refractivity contribution is 0.681. The van der Waals surface area contributed by atoms with E-state index in [0.717, 1.165) is 31.4 Å². The molecule has 5 heteroatoms. The largest absolute Gasteiger partial charge is 0.385 e. The number of amidine groups is 1. The van der Waals surface area contributed by atoms with E-state index < -0.39 is 0 Å². The second-order valence-electron chi connectivity index (χ2n) is 3.23. The van der Waals surface area contributed by atoms with E-state index in [0.29, 0.717) is 16.8 Å². The van der Waals surface area contributed by atoms with Crippen LogP contribution in [0.1, 0.15) is 25.7 Å². The maximum Gasteiger partial charge on any atom is 0.129 e. The quantitative estimate of drug-likeness (QED) is 0.274. The Labute approximate surface area is 82.6 Å². The summed E-state index contributed by atoms with van der Waals surface area (Å²) in [5.74, 6) is 6.25. The minimum atomic E-state index is 0.505. The van der Waals surface area contributed by atoms with Gasteiger partial charge in [0.25, 0.3) is 0 Å². The van der Waals surface area contributed by atoms with E-state index in [9.17, 15) is 0 Å². The molecule has 0 radical (unpaired) electrons. The van der Waals surface area contributed by atoms with Crippen LogP contribution in [0.5, 0.6) is 0 Å². The van der Waals surface area contributed by atoms with Gasteiger partial charge in [0.15, 0.2) is 0 Å². The summed E-state index contributed by atoms with van der Waals surface area (Å²) < 4.78 is 0. The zero-order valence-electron chi connectivity index (χ0n) is 7.62. The van der Waals surface area contributed by atoms with Crippen LogP contribution in [0.4, 0.5) is 0 Å². The summed E-state index contributed by atoms with van der Waals surface area (Å²) in [5.41, 5.74) is 6.37. The zero-order valence-corrected chi connectivity index (χ0v) is 8.44. The molecule has 74 valence electrons. The van der Waals surface area contributed by atoms with Crippen molar-refractivity contribution >= 4 is 23.3 Å². The van der Waals surface area contributed by atoms with E-state index >= 15 is 0 Å². The molecule has 0 heterocycles. The van der Waals surface area contributed by atoms with Gasteiger partial charge in [-0.3, -0.25) is 0 Å². The van der Waals surface area contributed by atoms with Crippen molar-refractivity contribution < 1.29 is 0 Å². The number of thioether (sulfide) groups is 1. The summed E-state index contributed by atoms with van der Waals surface area (Å²) in [6.07, 6.45) is 4.08. The molecule has 0 bridgehead atoms. The minimum absolute atomic E-state index is 0.505. The lowest BCUT2D eigenvalue weighted by Crippen LogP contribution is -2.21. The first-order valence-corrected chi connectivity index (χ1v) is 5.47. The molecule has 0 aromatic heterocycles. The van der Waals surface area contributed by atoms with Gasteiger partial charge in [-0.15, -0.1) is 0 Å². The highest BCUT2D eigenvalue weighted by molar-refractivity contribution is 8.00. The molecule has 0 unspecified atom stereocenters. The third-order valence-corrected chi connectivity index (χ3v) is 3.57. The fraction of sp³-hybridized carbons (Fsp3) is 0.750. The molecule has 5 N–H and O–H groups in total. The van der Waals surface area contributed by atoms with Crippen LogP contribution in [0.2, 0.25) is 0 Å². The number of hydrogen-bond donors (Lipinski definition) is 3. The molecule has 1 aliphatic carbocycles. The summed E-state index contributed by atoms with van der Waals surface area (Å²) in [5, 5.41) is 11.5. The molecule has 0 aromatic rings. The Morgan fingerprint density at radius 3 is 2.69 bits per heavy atom. The van der Waals surface area contributed by atoms with E-state index in [1.54, 1.807) is 11.8 Å². The van der Waals surface area contributed by atoms with Crippen molar-refractivity contribution in [3.8, 4) is 0 Å². The maximum atomic E-state index is 7.45. The minimum Gasteiger partial charge on any atom is -0.385 e. The van der Waals surface area contributed by atoms with Gasteiger partial charge in [0.05, 0.1) is 5.75 Å². The number of nitrogens with one attached hydrogen (secondary N) is 1. The van der Waals surface area contributed by atoms with Gasteiger partial charge < -0.3 is 17.0 Å². The normalized spacial score (nSPS) is 24.8. The molecule has 1 fully saturated rings. The lowest BCUT2D eigenvalue weighted by atomic mass is 9.98. The monoisotopic (exact) mass is 200 g/mol. The Morgan fingerprint density at radius 2 is 2.15 bits per heavy atom. The van der Waals surface area contributed by atoms with Crippen LogP contribution >= 0.6 is 11.8 Å². The average molecular weight is 200 g/mol. The van der Waals surface area contributed by atoms with Crippen LogP contribution in [0, 0.1) is 5.41 Å². The van der Waals surface area contributed by atoms with Crippen molar-refractivity contribution in [1.29, 1.82) is 5.41 Å². The Kier molecular flexibility index (Phi) is 4.08. The molecule has 0 aromatic carbocycles. The van der Waals surface area contributed by atoms with Crippen molar-refractivity contribution in [2.75, 3.05) is 5.75 Å². The van der Waals surface area contributed by atoms with Crippen molar-refractivity contribution in [3.63, 3.8) is 0 Å². The molecule has 0 atom stereocenters. The van der Waals surface area contributed by atoms with Gasteiger partial charge in [0.1, 0.15) is 5.84 Å². The molecule has 0 amide bonds. The molecular formula is C8H16N4S. The summed E-state index contributed by atoms with van der Waals surface area (Å²) in [4.78, 5) is 0. The first-order chi connectivity index (χ1) is 6.22. The highest BCUT2D eigenvalue weighted by Gasteiger charge is 2.16. The topological polar surface area (TPSA) is 88.2 Å². The van der Waals surface area contributed by atoms with Crippen LogP contribution in [-0.2, 0) is 0 Å². The fourth-order valence-electron chi connectivity index (χ4n) is 1.35. The Hall–Kier alpha value is -0.710. The van der Waals surface area contributed by atoms with Gasteiger partial charge >= 0.3 is 0 Å². The number of nitrogens with zero attached hydrogens (tertiary/aromatic N) is 1. The molecule has 0 aliphatic heterocycles. The van der Waals surface area contributed by atoms with Gasteiger partial charge in [-0.05, 0) is 25.7 Å². The van der Waals surface area contributed by atoms with Crippen LogP contribution in [0.3, 0.4) is 0 Å². The van der Waals surface area contributed by atoms with Crippen molar-refractivity contribution in [2.24, 2.45) is 16.7 Å². The molecule has 4 nitrogen and oxygen atoms in total. The Balaban J connectivity index is 2.19. The molecular weight excluding hydrogens is 184 g/mol. The van der Waals surface area contributed by atoms with E-state index in [1.165, 1.54) is 0 Å². The highest BCUT2D eigenvalue weighted by atomic mass is 32.2. The van der Waals surface area contributed by atoms with Crippen LogP contribution in [0.15, 0.2) is 5.10 Å². The van der Waals surface area contributed by atoms with E-state index in [2.05, 4.69) is 5.10 Å². The summed E-state index contributed by atoms with van der Waals surface area (Å²) in [6.45, 7) is 0. The van der Waals surface area contributed by atoms with E-state index in [4.69, 9.17) is 17.0 Å². The molecule has 1 saturated carbocycles. The van der Waals surface area contributed by atoms with Gasteiger partial charge in [-0.1, -0.05) is 0 Å². The first kappa shape index (κ1) is 10.4. The summed E-state index contributed by atoms with van der Waals surface area (Å²) in [7, 11) is 0. The highest BCUT2D eigenvalue weighted by Crippen LogP contribution is 2.26. The second kappa shape index (κ2) is 5.11. The van der Waals surface area contributed by atoms with Crippen LogP contribution < -0.4 is 11.6 Å². The molecule has 1 aliphatic rings. The van der Waals surface area contributed by atoms with Crippen molar-refractivity contribution in [3.05, 3.63) is 0 Å². The SMILES string of the molecule is N=C1CCC(SC/C(N)=N/N)CC1. The van der Waals surface area contributed by atoms with E-state index in [-0.39, 0.29) is 0 Å². The van der Waals surface area contributed by atoms with E-state index in [1.807, 2.05) is 0 Å². The number of hydrazone groups is 1. The van der Waals surface area contributed by atoms with Crippen molar-refractivity contribution in [2.45, 2.75) is 30.9 Å². The van der Waals surface area contributed by atoms with Crippen LogP contribution in [-0.4, -0.2) is 22.6 Å². The molecule has 0 saturated heterocycles. The predicted molar refractivity (Wildman–Crippen MR) is 58.3 cm³/mol. The first-order valence-electron chi connectivity index (χ1n) is 4.42. The number of rotatable bonds is 3. The van der Waals surface area contributed by atoms with Gasteiger partial charge in [-0.25, -0.2) is 0 Å². The average Bonchev–Trinajstić information content (AvgIpc) is 2.16. The maximum absolute atomic E-state index is 7.45. The Bertz CT molecular complexity index is 204. The Morgan fingerprint density at radius 1 is 1.54 bits per heavy atom. The summed E-state index contributed by atoms with van der Waals surface area (Å²) >= 11 is 1.80.